The van der Waals surface area contributed by atoms with Crippen molar-refractivity contribution in [1.82, 2.24) is 0 Å². The van der Waals surface area contributed by atoms with Crippen molar-refractivity contribution in [1.29, 1.82) is 0 Å². The van der Waals surface area contributed by atoms with E-state index in [9.17, 15) is 4.79 Å². The predicted octanol–water partition coefficient (Wildman–Crippen LogP) is 3.10. The van der Waals surface area contributed by atoms with E-state index in [0.717, 1.165) is 21.5 Å². The summed E-state index contributed by atoms with van der Waals surface area (Å²) in [5.41, 5.74) is 7.09. The number of methoxy groups -OCH3 is 1. The van der Waals surface area contributed by atoms with Crippen molar-refractivity contribution in [2.45, 2.75) is 6.04 Å². The number of nitrogens with two attached hydrogens (primary N) is 1. The van der Waals surface area contributed by atoms with Gasteiger partial charge in [-0.3, -0.25) is 4.79 Å². The molecule has 0 heterocycles. The molecule has 2 aromatic carbocycles. The number of rotatable bonds is 5. The molecule has 0 saturated carbocycles. The van der Waals surface area contributed by atoms with Gasteiger partial charge in [0.25, 0.3) is 0 Å². The van der Waals surface area contributed by atoms with Gasteiger partial charge in [0.2, 0.25) is 5.91 Å². The molecule has 0 aliphatic carbocycles. The Kier molecular flexibility index (Phi) is 4.63. The lowest BCUT2D eigenvalue weighted by Crippen LogP contribution is -2.28. The SMILES string of the molecule is COc1ccc(NC(C(N)=O)c2ccccc2Br)cc1. The van der Waals surface area contributed by atoms with Gasteiger partial charge in [0.1, 0.15) is 11.8 Å². The summed E-state index contributed by atoms with van der Waals surface area (Å²) >= 11 is 3.43. The summed E-state index contributed by atoms with van der Waals surface area (Å²) in [4.78, 5) is 11.7. The van der Waals surface area contributed by atoms with E-state index in [1.807, 2.05) is 48.5 Å². The van der Waals surface area contributed by atoms with E-state index in [-0.39, 0.29) is 0 Å². The second-order valence-electron chi connectivity index (χ2n) is 4.23. The van der Waals surface area contributed by atoms with Crippen LogP contribution in [0.4, 0.5) is 5.69 Å². The van der Waals surface area contributed by atoms with Crippen LogP contribution in [0.25, 0.3) is 0 Å². The van der Waals surface area contributed by atoms with E-state index < -0.39 is 11.9 Å². The van der Waals surface area contributed by atoms with Gasteiger partial charge in [0.05, 0.1) is 7.11 Å². The molecule has 1 atom stereocenters. The van der Waals surface area contributed by atoms with Crippen LogP contribution in [0.15, 0.2) is 53.0 Å². The number of nitrogens with one attached hydrogen (secondary N) is 1. The van der Waals surface area contributed by atoms with Gasteiger partial charge in [-0.1, -0.05) is 34.1 Å². The Hall–Kier alpha value is -2.01. The second-order valence-corrected chi connectivity index (χ2v) is 5.08. The molecule has 0 saturated heterocycles. The molecule has 3 N–H and O–H groups in total. The topological polar surface area (TPSA) is 64.3 Å². The number of halogens is 1. The molecule has 2 aromatic rings. The second kappa shape index (κ2) is 6.43. The Bertz CT molecular complexity index is 599. The third-order valence-corrected chi connectivity index (χ3v) is 3.62. The number of hydrogen-bond donors (Lipinski definition) is 2. The van der Waals surface area contributed by atoms with Gasteiger partial charge >= 0.3 is 0 Å². The number of hydrogen-bond acceptors (Lipinski definition) is 3. The number of carbonyl (C=O) groups excluding carboxylic acids is 1. The normalized spacial score (nSPS) is 11.7. The number of amides is 1. The molecule has 0 aromatic heterocycles. The molecular weight excluding hydrogens is 320 g/mol. The summed E-state index contributed by atoms with van der Waals surface area (Å²) in [5.74, 6) is 0.319. The highest BCUT2D eigenvalue weighted by Crippen LogP contribution is 2.27. The van der Waals surface area contributed by atoms with Crippen molar-refractivity contribution in [2.75, 3.05) is 12.4 Å². The maximum Gasteiger partial charge on any atom is 0.244 e. The minimum atomic E-state index is -0.598. The largest absolute Gasteiger partial charge is 0.497 e. The lowest BCUT2D eigenvalue weighted by Gasteiger charge is -2.18. The van der Waals surface area contributed by atoms with Crippen molar-refractivity contribution in [3.63, 3.8) is 0 Å². The van der Waals surface area contributed by atoms with Crippen LogP contribution in [-0.2, 0) is 4.79 Å². The fourth-order valence-corrected chi connectivity index (χ4v) is 2.38. The van der Waals surface area contributed by atoms with Gasteiger partial charge in [-0.2, -0.15) is 0 Å². The van der Waals surface area contributed by atoms with Gasteiger partial charge < -0.3 is 15.8 Å². The van der Waals surface area contributed by atoms with Crippen LogP contribution in [0.3, 0.4) is 0 Å². The van der Waals surface area contributed by atoms with Crippen LogP contribution in [-0.4, -0.2) is 13.0 Å². The van der Waals surface area contributed by atoms with Gasteiger partial charge in [-0.25, -0.2) is 0 Å². The molecule has 0 aliphatic heterocycles. The summed E-state index contributed by atoms with van der Waals surface area (Å²) < 4.78 is 5.94. The Balaban J connectivity index is 2.26. The third kappa shape index (κ3) is 3.30. The lowest BCUT2D eigenvalue weighted by molar-refractivity contribution is -0.118. The molecule has 2 rings (SSSR count). The summed E-state index contributed by atoms with van der Waals surface area (Å²) in [5, 5.41) is 3.13. The van der Waals surface area contributed by atoms with Crippen molar-refractivity contribution in [2.24, 2.45) is 5.73 Å². The maximum atomic E-state index is 11.7. The summed E-state index contributed by atoms with van der Waals surface area (Å²) in [7, 11) is 1.61. The molecule has 20 heavy (non-hydrogen) atoms. The number of ether oxygens (including phenoxy) is 1. The predicted molar refractivity (Wildman–Crippen MR) is 82.7 cm³/mol. The van der Waals surface area contributed by atoms with Gasteiger partial charge in [0, 0.05) is 10.2 Å². The Morgan fingerprint density at radius 1 is 1.20 bits per heavy atom. The Morgan fingerprint density at radius 3 is 2.40 bits per heavy atom. The average Bonchev–Trinajstić information content (AvgIpc) is 2.46. The fraction of sp³-hybridized carbons (Fsp3) is 0.133. The van der Waals surface area contributed by atoms with E-state index in [1.54, 1.807) is 7.11 Å². The zero-order chi connectivity index (χ0) is 14.5. The quantitative estimate of drug-likeness (QED) is 0.883. The van der Waals surface area contributed by atoms with Crippen LogP contribution in [0.1, 0.15) is 11.6 Å². The number of anilines is 1. The molecular formula is C15H15BrN2O2. The summed E-state index contributed by atoms with van der Waals surface area (Å²) in [6, 6.07) is 14.2. The first-order chi connectivity index (χ1) is 9.61. The zero-order valence-corrected chi connectivity index (χ0v) is 12.6. The zero-order valence-electron chi connectivity index (χ0n) is 11.0. The molecule has 0 aliphatic rings. The summed E-state index contributed by atoms with van der Waals surface area (Å²) in [6.45, 7) is 0. The molecule has 5 heteroatoms. The molecule has 1 unspecified atom stereocenters. The highest BCUT2D eigenvalue weighted by Gasteiger charge is 2.19. The van der Waals surface area contributed by atoms with Crippen LogP contribution < -0.4 is 15.8 Å². The number of primary amides is 1. The van der Waals surface area contributed by atoms with Gasteiger partial charge in [-0.15, -0.1) is 0 Å². The van der Waals surface area contributed by atoms with Crippen molar-refractivity contribution in [3.05, 3.63) is 58.6 Å². The average molecular weight is 335 g/mol. The van der Waals surface area contributed by atoms with Crippen molar-refractivity contribution >= 4 is 27.5 Å². The molecule has 104 valence electrons. The molecule has 1 amide bonds. The number of carbonyl (C=O) groups is 1. The van der Waals surface area contributed by atoms with Crippen LogP contribution in [0.2, 0.25) is 0 Å². The van der Waals surface area contributed by atoms with Crippen LogP contribution in [0, 0.1) is 0 Å². The fourth-order valence-electron chi connectivity index (χ4n) is 1.87. The first kappa shape index (κ1) is 14.4. The molecule has 0 spiro atoms. The van der Waals surface area contributed by atoms with Crippen LogP contribution >= 0.6 is 15.9 Å². The molecule has 0 bridgehead atoms. The Morgan fingerprint density at radius 2 is 1.85 bits per heavy atom. The highest BCUT2D eigenvalue weighted by molar-refractivity contribution is 9.10. The molecule has 4 nitrogen and oxygen atoms in total. The van der Waals surface area contributed by atoms with E-state index in [0.29, 0.717) is 0 Å². The molecule has 0 radical (unpaired) electrons. The van der Waals surface area contributed by atoms with E-state index >= 15 is 0 Å². The Labute approximate surface area is 126 Å². The lowest BCUT2D eigenvalue weighted by atomic mass is 10.1. The van der Waals surface area contributed by atoms with Crippen molar-refractivity contribution in [3.8, 4) is 5.75 Å². The van der Waals surface area contributed by atoms with Crippen LogP contribution in [0.5, 0.6) is 5.75 Å². The van der Waals surface area contributed by atoms with Gasteiger partial charge in [-0.05, 0) is 35.9 Å². The first-order valence-corrected chi connectivity index (χ1v) is 6.85. The summed E-state index contributed by atoms with van der Waals surface area (Å²) in [6.07, 6.45) is 0. The smallest absolute Gasteiger partial charge is 0.244 e. The first-order valence-electron chi connectivity index (χ1n) is 6.06. The third-order valence-electron chi connectivity index (χ3n) is 2.90. The van der Waals surface area contributed by atoms with Crippen molar-refractivity contribution < 1.29 is 9.53 Å². The number of benzene rings is 2. The minimum Gasteiger partial charge on any atom is -0.497 e. The highest BCUT2D eigenvalue weighted by atomic mass is 79.9. The minimum absolute atomic E-state index is 0.437. The van der Waals surface area contributed by atoms with E-state index in [2.05, 4.69) is 21.2 Å². The van der Waals surface area contributed by atoms with E-state index in [1.165, 1.54) is 0 Å². The van der Waals surface area contributed by atoms with Gasteiger partial charge in [0.15, 0.2) is 0 Å². The standard InChI is InChI=1S/C15H15BrN2O2/c1-20-11-8-6-10(7-9-11)18-14(15(17)19)12-4-2-3-5-13(12)16/h2-9,14,18H,1H3,(H2,17,19). The van der Waals surface area contributed by atoms with E-state index in [4.69, 9.17) is 10.5 Å². The monoisotopic (exact) mass is 334 g/mol. The molecule has 0 fully saturated rings. The maximum absolute atomic E-state index is 11.7.